The van der Waals surface area contributed by atoms with Gasteiger partial charge in [0.15, 0.2) is 0 Å². The fraction of sp³-hybridized carbons (Fsp3) is 0.278. The molecule has 1 fully saturated rings. The Hall–Kier alpha value is -3.29. The zero-order chi connectivity index (χ0) is 18.3. The van der Waals surface area contributed by atoms with Crippen LogP contribution in [0.2, 0.25) is 0 Å². The lowest BCUT2D eigenvalue weighted by molar-refractivity contribution is -0.121. The van der Waals surface area contributed by atoms with E-state index < -0.39 is 0 Å². The van der Waals surface area contributed by atoms with Crippen molar-refractivity contribution in [2.45, 2.75) is 19.9 Å². The number of nitrogens with one attached hydrogen (secondary N) is 1. The fourth-order valence-electron chi connectivity index (χ4n) is 3.12. The lowest BCUT2D eigenvalue weighted by atomic mass is 10.1. The molecule has 2 amide bonds. The van der Waals surface area contributed by atoms with Crippen LogP contribution in [0.3, 0.4) is 0 Å². The van der Waals surface area contributed by atoms with Gasteiger partial charge < -0.3 is 9.80 Å². The average Bonchev–Trinajstić information content (AvgIpc) is 3.11. The topological polar surface area (TPSA) is 95.1 Å². The third-order valence-corrected chi connectivity index (χ3v) is 4.58. The largest absolute Gasteiger partial charge is 0.323 e. The molecule has 3 heterocycles. The molecule has 1 unspecified atom stereocenters. The quantitative estimate of drug-likeness (QED) is 0.756. The van der Waals surface area contributed by atoms with E-state index in [1.807, 2.05) is 32.0 Å². The van der Waals surface area contributed by atoms with Crippen LogP contribution in [0.1, 0.15) is 23.1 Å². The molecule has 0 saturated carbocycles. The van der Waals surface area contributed by atoms with Gasteiger partial charge in [0.1, 0.15) is 12.2 Å². The molecule has 26 heavy (non-hydrogen) atoms. The first-order chi connectivity index (χ1) is 12.5. The molecule has 0 spiro atoms. The van der Waals surface area contributed by atoms with Crippen LogP contribution in [0, 0.1) is 6.92 Å². The number of piperazine rings is 1. The van der Waals surface area contributed by atoms with Gasteiger partial charge in [-0.25, -0.2) is 4.98 Å². The number of anilines is 1. The molecular formula is C18H18N6O2. The Kier molecular flexibility index (Phi) is 3.87. The Balaban J connectivity index is 1.56. The van der Waals surface area contributed by atoms with Gasteiger partial charge in [-0.1, -0.05) is 0 Å². The summed E-state index contributed by atoms with van der Waals surface area (Å²) in [5.41, 5.74) is 2.66. The lowest BCUT2D eigenvalue weighted by Crippen LogP contribution is -2.57. The zero-order valence-electron chi connectivity index (χ0n) is 14.5. The Morgan fingerprint density at radius 3 is 2.85 bits per heavy atom. The van der Waals surface area contributed by atoms with E-state index in [1.165, 1.54) is 6.20 Å². The number of aromatic nitrogens is 4. The van der Waals surface area contributed by atoms with Crippen LogP contribution in [0.5, 0.6) is 0 Å². The Labute approximate surface area is 149 Å². The smallest absolute Gasteiger partial charge is 0.274 e. The van der Waals surface area contributed by atoms with Gasteiger partial charge in [0.25, 0.3) is 5.91 Å². The molecule has 1 N–H and O–H groups in total. The molecule has 132 valence electrons. The second kappa shape index (κ2) is 6.21. The highest BCUT2D eigenvalue weighted by atomic mass is 16.2. The van der Waals surface area contributed by atoms with E-state index in [2.05, 4.69) is 20.2 Å². The number of fused-ring (bicyclic) bond motifs is 1. The molecule has 1 saturated heterocycles. The van der Waals surface area contributed by atoms with Crippen molar-refractivity contribution in [3.05, 3.63) is 48.2 Å². The number of amides is 2. The molecule has 0 bridgehead atoms. The monoisotopic (exact) mass is 350 g/mol. The number of hydrogen-bond acceptors (Lipinski definition) is 5. The van der Waals surface area contributed by atoms with E-state index in [9.17, 15) is 9.59 Å². The molecule has 1 aromatic carbocycles. The lowest BCUT2D eigenvalue weighted by Gasteiger charge is -2.39. The summed E-state index contributed by atoms with van der Waals surface area (Å²) < 4.78 is 0. The van der Waals surface area contributed by atoms with Crippen LogP contribution < -0.4 is 4.90 Å². The molecule has 4 rings (SSSR count). The summed E-state index contributed by atoms with van der Waals surface area (Å²) in [6.07, 6.45) is 4.74. The van der Waals surface area contributed by atoms with Gasteiger partial charge in [0.05, 0.1) is 23.6 Å². The molecule has 1 aliphatic heterocycles. The number of hydrogen-bond donors (Lipinski definition) is 1. The van der Waals surface area contributed by atoms with Crippen molar-refractivity contribution in [2.75, 3.05) is 18.0 Å². The zero-order valence-corrected chi connectivity index (χ0v) is 14.5. The minimum absolute atomic E-state index is 0.0105. The standard InChI is InChI=1S/C18H18N6O2/c1-11-6-20-16(8-19-11)18(26)23-10-17(25)24(9-12(23)2)14-4-3-13-7-21-22-15(13)5-14/h3-8,12H,9-10H2,1-2H3,(H,21,22). The summed E-state index contributed by atoms with van der Waals surface area (Å²) in [4.78, 5) is 36.9. The molecule has 8 nitrogen and oxygen atoms in total. The van der Waals surface area contributed by atoms with Crippen molar-refractivity contribution in [1.82, 2.24) is 25.1 Å². The van der Waals surface area contributed by atoms with Gasteiger partial charge in [-0.15, -0.1) is 0 Å². The highest BCUT2D eigenvalue weighted by Gasteiger charge is 2.34. The first-order valence-electron chi connectivity index (χ1n) is 8.36. The number of rotatable bonds is 2. The highest BCUT2D eigenvalue weighted by molar-refractivity contribution is 6.02. The van der Waals surface area contributed by atoms with E-state index >= 15 is 0 Å². The van der Waals surface area contributed by atoms with Crippen molar-refractivity contribution in [2.24, 2.45) is 0 Å². The fourth-order valence-corrected chi connectivity index (χ4v) is 3.12. The maximum absolute atomic E-state index is 12.7. The summed E-state index contributed by atoms with van der Waals surface area (Å²) in [5, 5.41) is 7.90. The predicted molar refractivity (Wildman–Crippen MR) is 95.7 cm³/mol. The van der Waals surface area contributed by atoms with Crippen molar-refractivity contribution in [3.63, 3.8) is 0 Å². The maximum atomic E-state index is 12.7. The van der Waals surface area contributed by atoms with Crippen LogP contribution in [0.4, 0.5) is 5.69 Å². The SMILES string of the molecule is Cc1cnc(C(=O)N2CC(=O)N(c3ccc4cn[nH]c4c3)CC2C)cn1. The van der Waals surface area contributed by atoms with Crippen molar-refractivity contribution >= 4 is 28.4 Å². The van der Waals surface area contributed by atoms with E-state index in [1.54, 1.807) is 22.2 Å². The number of carbonyl (C=O) groups is 2. The number of H-pyrrole nitrogens is 1. The van der Waals surface area contributed by atoms with Crippen LogP contribution in [0.15, 0.2) is 36.8 Å². The van der Waals surface area contributed by atoms with Gasteiger partial charge in [0.2, 0.25) is 5.91 Å². The summed E-state index contributed by atoms with van der Waals surface area (Å²) >= 11 is 0. The molecule has 2 aromatic heterocycles. The summed E-state index contributed by atoms with van der Waals surface area (Å²) in [5.74, 6) is -0.405. The summed E-state index contributed by atoms with van der Waals surface area (Å²) in [6.45, 7) is 4.16. The van der Waals surface area contributed by atoms with Gasteiger partial charge in [-0.2, -0.15) is 5.10 Å². The highest BCUT2D eigenvalue weighted by Crippen LogP contribution is 2.24. The second-order valence-electron chi connectivity index (χ2n) is 6.47. The third kappa shape index (κ3) is 2.79. The molecule has 8 heteroatoms. The average molecular weight is 350 g/mol. The Bertz CT molecular complexity index is 981. The van der Waals surface area contributed by atoms with Crippen molar-refractivity contribution < 1.29 is 9.59 Å². The van der Waals surface area contributed by atoms with E-state index in [4.69, 9.17) is 0 Å². The first kappa shape index (κ1) is 16.2. The van der Waals surface area contributed by atoms with Crippen LogP contribution in [0.25, 0.3) is 10.9 Å². The second-order valence-corrected chi connectivity index (χ2v) is 6.47. The minimum Gasteiger partial charge on any atom is -0.323 e. The van der Waals surface area contributed by atoms with Crippen LogP contribution >= 0.6 is 0 Å². The molecule has 1 atom stereocenters. The van der Waals surface area contributed by atoms with Gasteiger partial charge in [-0.3, -0.25) is 19.7 Å². The number of aromatic amines is 1. The molecular weight excluding hydrogens is 332 g/mol. The third-order valence-electron chi connectivity index (χ3n) is 4.58. The molecule has 0 radical (unpaired) electrons. The molecule has 3 aromatic rings. The molecule has 1 aliphatic rings. The number of benzene rings is 1. The number of carbonyl (C=O) groups excluding carboxylic acids is 2. The Morgan fingerprint density at radius 1 is 1.23 bits per heavy atom. The van der Waals surface area contributed by atoms with Crippen LogP contribution in [-0.4, -0.2) is 56.0 Å². The maximum Gasteiger partial charge on any atom is 0.274 e. The first-order valence-corrected chi connectivity index (χ1v) is 8.36. The van der Waals surface area contributed by atoms with E-state index in [0.29, 0.717) is 6.54 Å². The van der Waals surface area contributed by atoms with Crippen LogP contribution in [-0.2, 0) is 4.79 Å². The summed E-state index contributed by atoms with van der Waals surface area (Å²) in [7, 11) is 0. The van der Waals surface area contributed by atoms with Crippen molar-refractivity contribution in [3.8, 4) is 0 Å². The number of nitrogens with zero attached hydrogens (tertiary/aromatic N) is 5. The van der Waals surface area contributed by atoms with Gasteiger partial charge >= 0.3 is 0 Å². The van der Waals surface area contributed by atoms with E-state index in [-0.39, 0.29) is 30.1 Å². The minimum atomic E-state index is -0.276. The van der Waals surface area contributed by atoms with E-state index in [0.717, 1.165) is 22.3 Å². The Morgan fingerprint density at radius 2 is 2.08 bits per heavy atom. The van der Waals surface area contributed by atoms with Gasteiger partial charge in [-0.05, 0) is 32.0 Å². The van der Waals surface area contributed by atoms with Gasteiger partial charge in [0, 0.05) is 29.9 Å². The normalized spacial score (nSPS) is 17.8. The predicted octanol–water partition coefficient (Wildman–Crippen LogP) is 1.54. The molecule has 0 aliphatic carbocycles. The number of aryl methyl sites for hydroxylation is 1. The summed E-state index contributed by atoms with van der Waals surface area (Å²) in [6, 6.07) is 5.58. The van der Waals surface area contributed by atoms with Crippen molar-refractivity contribution in [1.29, 1.82) is 0 Å².